The molecule has 0 aliphatic heterocycles. The highest BCUT2D eigenvalue weighted by Gasteiger charge is 2.06. The first-order chi connectivity index (χ1) is 6.13. The normalized spacial score (nSPS) is 12.9. The quantitative estimate of drug-likeness (QED) is 0.762. The van der Waals surface area contributed by atoms with Gasteiger partial charge in [0.1, 0.15) is 5.82 Å². The van der Waals surface area contributed by atoms with Crippen molar-refractivity contribution in [3.63, 3.8) is 0 Å². The van der Waals surface area contributed by atoms with E-state index in [1.54, 1.807) is 0 Å². The summed E-state index contributed by atoms with van der Waals surface area (Å²) in [6.07, 6.45) is 1.93. The maximum Gasteiger partial charge on any atom is 0.123 e. The van der Waals surface area contributed by atoms with E-state index in [0.29, 0.717) is 0 Å². The zero-order valence-corrected chi connectivity index (χ0v) is 8.18. The molecule has 1 rings (SSSR count). The van der Waals surface area contributed by atoms with Gasteiger partial charge in [-0.1, -0.05) is 19.4 Å². The van der Waals surface area contributed by atoms with Gasteiger partial charge in [0.15, 0.2) is 0 Å². The molecule has 0 heterocycles. The lowest BCUT2D eigenvalue weighted by Crippen LogP contribution is -2.10. The Morgan fingerprint density at radius 3 is 2.62 bits per heavy atom. The summed E-state index contributed by atoms with van der Waals surface area (Å²) in [5, 5.41) is 0. The van der Waals surface area contributed by atoms with Crippen molar-refractivity contribution >= 4 is 0 Å². The van der Waals surface area contributed by atoms with Crippen LogP contribution in [0.5, 0.6) is 0 Å². The van der Waals surface area contributed by atoms with Crippen LogP contribution in [0.4, 0.5) is 4.39 Å². The van der Waals surface area contributed by atoms with Gasteiger partial charge in [-0.2, -0.15) is 0 Å². The molecule has 0 saturated carbocycles. The van der Waals surface area contributed by atoms with Crippen LogP contribution in [0.25, 0.3) is 0 Å². The molecule has 0 bridgehead atoms. The molecule has 0 aromatic heterocycles. The Hall–Kier alpha value is -0.890. The molecule has 0 amide bonds. The molecule has 1 aromatic carbocycles. The van der Waals surface area contributed by atoms with Crippen LogP contribution >= 0.6 is 0 Å². The van der Waals surface area contributed by atoms with Crippen molar-refractivity contribution in [2.45, 2.75) is 32.7 Å². The first-order valence-corrected chi connectivity index (χ1v) is 4.66. The van der Waals surface area contributed by atoms with Crippen molar-refractivity contribution in [1.82, 2.24) is 0 Å². The lowest BCUT2D eigenvalue weighted by molar-refractivity contribution is 0.604. The van der Waals surface area contributed by atoms with Crippen LogP contribution in [-0.4, -0.2) is 0 Å². The van der Waals surface area contributed by atoms with E-state index in [-0.39, 0.29) is 11.9 Å². The van der Waals surface area contributed by atoms with Crippen LogP contribution in [0, 0.1) is 12.7 Å². The Balaban J connectivity index is 2.87. The third-order valence-corrected chi connectivity index (χ3v) is 2.09. The highest BCUT2D eigenvalue weighted by Crippen LogP contribution is 2.18. The minimum absolute atomic E-state index is 0.0283. The van der Waals surface area contributed by atoms with Gasteiger partial charge in [-0.3, -0.25) is 0 Å². The number of aryl methyl sites for hydroxylation is 1. The molecular formula is C11H16FN. The third kappa shape index (κ3) is 2.81. The van der Waals surface area contributed by atoms with E-state index in [1.807, 2.05) is 13.0 Å². The number of halogens is 1. The highest BCUT2D eigenvalue weighted by molar-refractivity contribution is 5.25. The second-order valence-corrected chi connectivity index (χ2v) is 3.46. The van der Waals surface area contributed by atoms with Crippen molar-refractivity contribution in [1.29, 1.82) is 0 Å². The molecule has 72 valence electrons. The highest BCUT2D eigenvalue weighted by atomic mass is 19.1. The van der Waals surface area contributed by atoms with Gasteiger partial charge in [-0.15, -0.1) is 0 Å². The number of nitrogens with two attached hydrogens (primary N) is 1. The predicted molar refractivity (Wildman–Crippen MR) is 53.0 cm³/mol. The van der Waals surface area contributed by atoms with E-state index in [2.05, 4.69) is 6.92 Å². The van der Waals surface area contributed by atoms with Crippen molar-refractivity contribution in [2.75, 3.05) is 0 Å². The summed E-state index contributed by atoms with van der Waals surface area (Å²) in [4.78, 5) is 0. The van der Waals surface area contributed by atoms with E-state index < -0.39 is 0 Å². The van der Waals surface area contributed by atoms with Gasteiger partial charge in [0, 0.05) is 6.04 Å². The molecule has 0 aliphatic rings. The fourth-order valence-electron chi connectivity index (χ4n) is 1.46. The second-order valence-electron chi connectivity index (χ2n) is 3.46. The average molecular weight is 181 g/mol. The summed E-state index contributed by atoms with van der Waals surface area (Å²) in [6, 6.07) is 4.96. The summed E-state index contributed by atoms with van der Waals surface area (Å²) in [7, 11) is 0. The first kappa shape index (κ1) is 10.2. The monoisotopic (exact) mass is 181 g/mol. The van der Waals surface area contributed by atoms with Crippen LogP contribution < -0.4 is 5.73 Å². The molecule has 0 saturated heterocycles. The van der Waals surface area contributed by atoms with Gasteiger partial charge < -0.3 is 5.73 Å². The van der Waals surface area contributed by atoms with Crippen LogP contribution in [0.2, 0.25) is 0 Å². The minimum atomic E-state index is -0.193. The van der Waals surface area contributed by atoms with Gasteiger partial charge in [0.05, 0.1) is 0 Å². The number of rotatable bonds is 3. The molecule has 13 heavy (non-hydrogen) atoms. The summed E-state index contributed by atoms with van der Waals surface area (Å²) >= 11 is 0. The average Bonchev–Trinajstić information content (AvgIpc) is 2.03. The molecule has 1 nitrogen and oxygen atoms in total. The number of hydrogen-bond acceptors (Lipinski definition) is 1. The zero-order chi connectivity index (χ0) is 9.84. The van der Waals surface area contributed by atoms with Crippen LogP contribution in [0.3, 0.4) is 0 Å². The Bertz CT molecular complexity index is 263. The van der Waals surface area contributed by atoms with E-state index in [0.717, 1.165) is 24.0 Å². The Morgan fingerprint density at radius 1 is 1.38 bits per heavy atom. The Kier molecular flexibility index (Phi) is 3.43. The molecule has 0 fully saturated rings. The SMILES string of the molecule is CCC[C@H](N)c1cc(C)cc(F)c1. The minimum Gasteiger partial charge on any atom is -0.324 e. The van der Waals surface area contributed by atoms with E-state index in [1.165, 1.54) is 12.1 Å². The van der Waals surface area contributed by atoms with E-state index in [4.69, 9.17) is 5.73 Å². The van der Waals surface area contributed by atoms with Crippen molar-refractivity contribution < 1.29 is 4.39 Å². The maximum atomic E-state index is 13.0. The molecule has 2 N–H and O–H groups in total. The van der Waals surface area contributed by atoms with Crippen molar-refractivity contribution in [2.24, 2.45) is 5.73 Å². The molecule has 2 heteroatoms. The summed E-state index contributed by atoms with van der Waals surface area (Å²) in [5.74, 6) is -0.193. The van der Waals surface area contributed by atoms with E-state index >= 15 is 0 Å². The van der Waals surface area contributed by atoms with Crippen molar-refractivity contribution in [3.05, 3.63) is 35.1 Å². The zero-order valence-electron chi connectivity index (χ0n) is 8.18. The van der Waals surface area contributed by atoms with Gasteiger partial charge in [-0.25, -0.2) is 4.39 Å². The lowest BCUT2D eigenvalue weighted by atomic mass is 10.0. The largest absolute Gasteiger partial charge is 0.324 e. The standard InChI is InChI=1S/C11H16FN/c1-3-4-11(13)9-5-8(2)6-10(12)7-9/h5-7,11H,3-4,13H2,1-2H3/t11-/m0/s1. The molecular weight excluding hydrogens is 165 g/mol. The van der Waals surface area contributed by atoms with Gasteiger partial charge in [0.2, 0.25) is 0 Å². The summed E-state index contributed by atoms with van der Waals surface area (Å²) in [5.41, 5.74) is 7.71. The molecule has 1 aromatic rings. The van der Waals surface area contributed by atoms with Gasteiger partial charge >= 0.3 is 0 Å². The fraction of sp³-hybridized carbons (Fsp3) is 0.455. The lowest BCUT2D eigenvalue weighted by Gasteiger charge is -2.11. The Morgan fingerprint density at radius 2 is 2.08 bits per heavy atom. The van der Waals surface area contributed by atoms with Crippen molar-refractivity contribution in [3.8, 4) is 0 Å². The second kappa shape index (κ2) is 4.38. The summed E-state index contributed by atoms with van der Waals surface area (Å²) in [6.45, 7) is 3.96. The molecule has 0 spiro atoms. The van der Waals surface area contributed by atoms with Crippen LogP contribution in [-0.2, 0) is 0 Å². The molecule has 0 unspecified atom stereocenters. The maximum absolute atomic E-state index is 13.0. The number of benzene rings is 1. The molecule has 1 atom stereocenters. The third-order valence-electron chi connectivity index (χ3n) is 2.09. The molecule has 0 radical (unpaired) electrons. The first-order valence-electron chi connectivity index (χ1n) is 4.66. The Labute approximate surface area is 78.8 Å². The molecule has 0 aliphatic carbocycles. The van der Waals surface area contributed by atoms with Crippen LogP contribution in [0.1, 0.15) is 36.9 Å². The number of hydrogen-bond donors (Lipinski definition) is 1. The van der Waals surface area contributed by atoms with Gasteiger partial charge in [0.25, 0.3) is 0 Å². The van der Waals surface area contributed by atoms with Crippen LogP contribution in [0.15, 0.2) is 18.2 Å². The fourth-order valence-corrected chi connectivity index (χ4v) is 1.46. The summed E-state index contributed by atoms with van der Waals surface area (Å²) < 4.78 is 13.0. The van der Waals surface area contributed by atoms with E-state index in [9.17, 15) is 4.39 Å². The predicted octanol–water partition coefficient (Wildman–Crippen LogP) is 2.93. The van der Waals surface area contributed by atoms with Gasteiger partial charge in [-0.05, 0) is 36.6 Å². The smallest absolute Gasteiger partial charge is 0.123 e. The topological polar surface area (TPSA) is 26.0 Å².